The molecule has 4 rings (SSSR count). The summed E-state index contributed by atoms with van der Waals surface area (Å²) in [5.74, 6) is -1.62. The van der Waals surface area contributed by atoms with Crippen LogP contribution in [0.4, 0.5) is 5.69 Å². The molecule has 0 aromatic heterocycles. The van der Waals surface area contributed by atoms with Gasteiger partial charge in [0.15, 0.2) is 0 Å². The van der Waals surface area contributed by atoms with Gasteiger partial charge in [-0.2, -0.15) is 9.78 Å². The van der Waals surface area contributed by atoms with Crippen LogP contribution >= 0.6 is 0 Å². The van der Waals surface area contributed by atoms with Gasteiger partial charge in [-0.05, 0) is 30.3 Å². The van der Waals surface area contributed by atoms with E-state index in [9.17, 15) is 14.4 Å². The molecule has 2 heterocycles. The average Bonchev–Trinajstić information content (AvgIpc) is 3.05. The number of H-pyrrole nitrogens is 1. The molecule has 0 fully saturated rings. The number of amides is 1. The number of fused-ring (bicyclic) bond motifs is 3. The van der Waals surface area contributed by atoms with Crippen molar-refractivity contribution in [2.75, 3.05) is 18.5 Å². The van der Waals surface area contributed by atoms with Gasteiger partial charge in [0.1, 0.15) is 18.9 Å². The zero-order chi connectivity index (χ0) is 20.4. The van der Waals surface area contributed by atoms with Crippen molar-refractivity contribution in [2.45, 2.75) is 0 Å². The number of nitrogens with one attached hydrogen (secondary N) is 2. The van der Waals surface area contributed by atoms with Gasteiger partial charge in [0.05, 0.1) is 11.3 Å². The Balaban J connectivity index is 1.57. The molecule has 0 bridgehead atoms. The summed E-state index contributed by atoms with van der Waals surface area (Å²) >= 11 is 0. The van der Waals surface area contributed by atoms with Gasteiger partial charge in [-0.3, -0.25) is 9.59 Å². The molecule has 1 amide bonds. The fourth-order valence-electron chi connectivity index (χ4n) is 3.00. The Kier molecular flexibility index (Phi) is 4.80. The van der Waals surface area contributed by atoms with E-state index in [0.29, 0.717) is 22.6 Å². The van der Waals surface area contributed by atoms with Crippen LogP contribution in [0.3, 0.4) is 0 Å². The molecule has 0 aliphatic carbocycles. The third-order valence-electron chi connectivity index (χ3n) is 4.29. The molecule has 9 nitrogen and oxygen atoms in total. The zero-order valence-electron chi connectivity index (χ0n) is 15.1. The fraction of sp³-hybridized carbons (Fsp3) is 0.100. The number of aromatic amines is 1. The molecule has 29 heavy (non-hydrogen) atoms. The minimum Gasteiger partial charge on any atom is -0.480 e. The maximum atomic E-state index is 12.8. The van der Waals surface area contributed by atoms with Crippen molar-refractivity contribution < 1.29 is 19.4 Å². The monoisotopic (exact) mass is 392 g/mol. The molecule has 3 N–H and O–H groups in total. The van der Waals surface area contributed by atoms with E-state index in [1.165, 1.54) is 4.68 Å². The van der Waals surface area contributed by atoms with Gasteiger partial charge in [0, 0.05) is 22.8 Å². The Morgan fingerprint density at radius 3 is 2.62 bits per heavy atom. The van der Waals surface area contributed by atoms with E-state index in [-0.39, 0.29) is 12.2 Å². The van der Waals surface area contributed by atoms with Crippen molar-refractivity contribution in [2.24, 2.45) is 0 Å². The summed E-state index contributed by atoms with van der Waals surface area (Å²) in [7, 11) is 0. The number of carboxylic acids is 1. The van der Waals surface area contributed by atoms with Crippen LogP contribution < -0.4 is 10.9 Å². The van der Waals surface area contributed by atoms with Gasteiger partial charge in [-0.1, -0.05) is 18.2 Å². The highest BCUT2D eigenvalue weighted by Crippen LogP contribution is 2.25. The number of carbonyl (C=O) groups is 2. The number of para-hydroxylation sites is 1. The van der Waals surface area contributed by atoms with Crippen molar-refractivity contribution in [1.29, 1.82) is 0 Å². The van der Waals surface area contributed by atoms with Gasteiger partial charge < -0.3 is 20.1 Å². The molecule has 0 saturated carbocycles. The Hall–Kier alpha value is -3.98. The van der Waals surface area contributed by atoms with Gasteiger partial charge in [-0.15, -0.1) is 0 Å². The van der Waals surface area contributed by atoms with E-state index in [4.69, 9.17) is 9.84 Å². The Labute approximate surface area is 163 Å². The van der Waals surface area contributed by atoms with Crippen LogP contribution in [0.2, 0.25) is 0 Å². The number of rotatable bonds is 6. The predicted molar refractivity (Wildman–Crippen MR) is 105 cm³/mol. The van der Waals surface area contributed by atoms with Gasteiger partial charge in [0.2, 0.25) is 5.91 Å². The number of hydrogen-bond acceptors (Lipinski definition) is 5. The topological polar surface area (TPSA) is 126 Å². The van der Waals surface area contributed by atoms with Crippen LogP contribution in [-0.2, 0) is 14.3 Å². The molecular weight excluding hydrogens is 376 g/mol. The van der Waals surface area contributed by atoms with Crippen LogP contribution in [0.25, 0.3) is 27.8 Å². The smallest absolute Gasteiger partial charge is 0.329 e. The molecule has 9 heteroatoms. The summed E-state index contributed by atoms with van der Waals surface area (Å²) in [4.78, 5) is 38.0. The maximum absolute atomic E-state index is 12.8. The van der Waals surface area contributed by atoms with Crippen LogP contribution in [0.1, 0.15) is 0 Å². The maximum Gasteiger partial charge on any atom is 0.329 e. The fourth-order valence-corrected chi connectivity index (χ4v) is 3.00. The molecule has 146 valence electrons. The first-order valence-corrected chi connectivity index (χ1v) is 8.72. The standard InChI is InChI=1S/C20H16N4O5/c25-17(10-29-11-18(26)27)22-12-5-7-13(8-6-12)24-20(28)15-9-21-16-4-2-1-3-14(16)19(15)23-24/h1-9,21H,10-11H2,(H,22,25)(H,26,27). The van der Waals surface area contributed by atoms with Crippen LogP contribution in [0.5, 0.6) is 0 Å². The number of carboxylic acid groups (broad SMARTS) is 1. The third-order valence-corrected chi connectivity index (χ3v) is 4.29. The largest absolute Gasteiger partial charge is 0.480 e. The first-order valence-electron chi connectivity index (χ1n) is 8.72. The van der Waals surface area contributed by atoms with E-state index in [2.05, 4.69) is 15.4 Å². The number of pyridine rings is 1. The number of hydrogen-bond donors (Lipinski definition) is 3. The quantitative estimate of drug-likeness (QED) is 0.460. The lowest BCUT2D eigenvalue weighted by molar-refractivity contribution is -0.143. The molecule has 0 spiro atoms. The second kappa shape index (κ2) is 7.56. The number of aromatic nitrogens is 3. The predicted octanol–water partition coefficient (Wildman–Crippen LogP) is 1.86. The van der Waals surface area contributed by atoms with E-state index < -0.39 is 18.5 Å². The Morgan fingerprint density at radius 2 is 1.86 bits per heavy atom. The van der Waals surface area contributed by atoms with Crippen molar-refractivity contribution >= 4 is 28.5 Å². The molecule has 0 saturated heterocycles. The van der Waals surface area contributed by atoms with E-state index in [0.717, 1.165) is 10.9 Å². The Bertz CT molecular complexity index is 1230. The summed E-state index contributed by atoms with van der Waals surface area (Å²) in [6.45, 7) is -0.912. The van der Waals surface area contributed by atoms with E-state index in [1.54, 1.807) is 30.5 Å². The third kappa shape index (κ3) is 3.71. The highest BCUT2D eigenvalue weighted by Gasteiger charge is 2.18. The molecule has 2 aromatic carbocycles. The molecule has 2 aliphatic heterocycles. The summed E-state index contributed by atoms with van der Waals surface area (Å²) < 4.78 is 6.05. The van der Waals surface area contributed by atoms with Crippen LogP contribution in [-0.4, -0.2) is 45.0 Å². The number of carbonyl (C=O) groups excluding carboxylic acids is 1. The highest BCUT2D eigenvalue weighted by molar-refractivity contribution is 5.93. The summed E-state index contributed by atoms with van der Waals surface area (Å²) in [6.07, 6.45) is 1.65. The molecule has 2 aliphatic rings. The zero-order valence-corrected chi connectivity index (χ0v) is 15.1. The lowest BCUT2D eigenvalue weighted by Crippen LogP contribution is -2.20. The van der Waals surface area contributed by atoms with E-state index >= 15 is 0 Å². The number of nitrogens with zero attached hydrogens (tertiary/aromatic N) is 2. The van der Waals surface area contributed by atoms with Crippen molar-refractivity contribution in [3.05, 3.63) is 65.1 Å². The molecule has 0 unspecified atom stereocenters. The van der Waals surface area contributed by atoms with Crippen molar-refractivity contribution in [3.63, 3.8) is 0 Å². The number of ether oxygens (including phenoxy) is 1. The summed E-state index contributed by atoms with van der Waals surface area (Å²) in [5, 5.41) is 16.4. The van der Waals surface area contributed by atoms with Gasteiger partial charge in [-0.25, -0.2) is 4.79 Å². The number of benzene rings is 2. The lowest BCUT2D eigenvalue weighted by Gasteiger charge is -2.06. The minimum atomic E-state index is -1.15. The van der Waals surface area contributed by atoms with Gasteiger partial charge >= 0.3 is 5.97 Å². The Morgan fingerprint density at radius 1 is 1.10 bits per heavy atom. The lowest BCUT2D eigenvalue weighted by atomic mass is 10.1. The average molecular weight is 392 g/mol. The first-order chi connectivity index (χ1) is 14.0. The number of anilines is 1. The van der Waals surface area contributed by atoms with Crippen molar-refractivity contribution in [3.8, 4) is 16.9 Å². The molecule has 2 aromatic rings. The second-order valence-electron chi connectivity index (χ2n) is 6.30. The number of aliphatic carboxylic acids is 1. The minimum absolute atomic E-state index is 0.249. The second-order valence-corrected chi connectivity index (χ2v) is 6.30. The summed E-state index contributed by atoms with van der Waals surface area (Å²) in [6, 6.07) is 14.2. The summed E-state index contributed by atoms with van der Waals surface area (Å²) in [5.41, 5.74) is 2.76. The van der Waals surface area contributed by atoms with Crippen LogP contribution in [0, 0.1) is 0 Å². The van der Waals surface area contributed by atoms with Crippen molar-refractivity contribution in [1.82, 2.24) is 14.8 Å². The normalized spacial score (nSPS) is 11.0. The molecule has 0 radical (unpaired) electrons. The SMILES string of the molecule is O=C(O)COCC(=O)Nc1ccc(-n2nc3c4ccccc4[nH]cc-3c2=O)cc1. The first kappa shape index (κ1) is 18.4. The highest BCUT2D eigenvalue weighted by atomic mass is 16.5. The van der Waals surface area contributed by atoms with Crippen LogP contribution in [0.15, 0.2) is 59.5 Å². The molecule has 0 atom stereocenters. The van der Waals surface area contributed by atoms with E-state index in [1.807, 2.05) is 24.3 Å². The van der Waals surface area contributed by atoms with Gasteiger partial charge in [0.25, 0.3) is 5.56 Å². The molecular formula is C20H16N4O5.